The van der Waals surface area contributed by atoms with Crippen molar-refractivity contribution in [2.75, 3.05) is 13.7 Å². The third-order valence-electron chi connectivity index (χ3n) is 2.11. The van der Waals surface area contributed by atoms with E-state index in [0.717, 1.165) is 0 Å². The van der Waals surface area contributed by atoms with Crippen molar-refractivity contribution in [2.45, 2.75) is 0 Å². The van der Waals surface area contributed by atoms with Crippen LogP contribution in [0.1, 0.15) is 20.7 Å². The quantitative estimate of drug-likeness (QED) is 0.731. The van der Waals surface area contributed by atoms with Crippen LogP contribution in [0.25, 0.3) is 0 Å². The molecule has 1 heterocycles. The van der Waals surface area contributed by atoms with Crippen LogP contribution < -0.4 is 4.74 Å². The monoisotopic (exact) mass is 270 g/mol. The van der Waals surface area contributed by atoms with Crippen molar-refractivity contribution in [1.82, 2.24) is 0 Å². The number of hydrogen-bond donors (Lipinski definition) is 0. The van der Waals surface area contributed by atoms with Gasteiger partial charge >= 0.3 is 5.97 Å². The van der Waals surface area contributed by atoms with Gasteiger partial charge in [0.2, 0.25) is 5.78 Å². The topological polar surface area (TPSA) is 52.6 Å². The molecule has 4 nitrogen and oxygen atoms in total. The fourth-order valence-electron chi connectivity index (χ4n) is 1.47. The lowest BCUT2D eigenvalue weighted by Gasteiger charge is -2.04. The Balaban J connectivity index is 2.63. The van der Waals surface area contributed by atoms with E-state index in [-0.39, 0.29) is 18.0 Å². The van der Waals surface area contributed by atoms with Crippen molar-refractivity contribution >= 4 is 27.7 Å². The Labute approximate surface area is 94.3 Å². The van der Waals surface area contributed by atoms with Crippen LogP contribution in [0.4, 0.5) is 0 Å². The average Bonchev–Trinajstić information content (AvgIpc) is 2.58. The number of carbonyl (C=O) groups excluding carboxylic acids is 2. The molecule has 0 amide bonds. The van der Waals surface area contributed by atoms with E-state index in [0.29, 0.717) is 15.8 Å². The molecule has 0 aromatic heterocycles. The third-order valence-corrected chi connectivity index (χ3v) is 2.57. The van der Waals surface area contributed by atoms with Crippen LogP contribution in [-0.4, -0.2) is 25.5 Å². The van der Waals surface area contributed by atoms with Gasteiger partial charge in [0.05, 0.1) is 18.2 Å². The largest absolute Gasteiger partial charge is 0.485 e. The SMILES string of the molecule is COC(=O)c1cc(Br)cc2c1C(=O)CO2. The summed E-state index contributed by atoms with van der Waals surface area (Å²) in [6.07, 6.45) is 0. The minimum atomic E-state index is -0.536. The van der Waals surface area contributed by atoms with Crippen LogP contribution in [-0.2, 0) is 4.74 Å². The predicted octanol–water partition coefficient (Wildman–Crippen LogP) is 1.81. The Morgan fingerprint density at radius 2 is 2.27 bits per heavy atom. The van der Waals surface area contributed by atoms with Crippen LogP contribution in [0.15, 0.2) is 16.6 Å². The summed E-state index contributed by atoms with van der Waals surface area (Å²) in [7, 11) is 1.27. The standard InChI is InChI=1S/C10H7BrO4/c1-14-10(13)6-2-5(11)3-8-9(6)7(12)4-15-8/h2-3H,4H2,1H3. The second-order valence-electron chi connectivity index (χ2n) is 3.03. The first kappa shape index (κ1) is 10.2. The fraction of sp³-hybridized carbons (Fsp3) is 0.200. The van der Waals surface area contributed by atoms with Gasteiger partial charge in [-0.15, -0.1) is 0 Å². The molecule has 0 N–H and O–H groups in total. The number of ether oxygens (including phenoxy) is 2. The summed E-state index contributed by atoms with van der Waals surface area (Å²) in [5, 5.41) is 0. The number of hydrogen-bond acceptors (Lipinski definition) is 4. The molecule has 0 aliphatic carbocycles. The van der Waals surface area contributed by atoms with Crippen molar-refractivity contribution < 1.29 is 19.1 Å². The molecular weight excluding hydrogens is 264 g/mol. The van der Waals surface area contributed by atoms with Crippen LogP contribution in [0.3, 0.4) is 0 Å². The molecule has 0 atom stereocenters. The highest BCUT2D eigenvalue weighted by Crippen LogP contribution is 2.32. The van der Waals surface area contributed by atoms with Gasteiger partial charge in [-0.25, -0.2) is 4.79 Å². The van der Waals surface area contributed by atoms with Gasteiger partial charge in [-0.3, -0.25) is 4.79 Å². The van der Waals surface area contributed by atoms with Crippen molar-refractivity contribution in [1.29, 1.82) is 0 Å². The van der Waals surface area contributed by atoms with Gasteiger partial charge in [0.25, 0.3) is 0 Å². The molecule has 0 radical (unpaired) electrons. The number of rotatable bonds is 1. The van der Waals surface area contributed by atoms with Crippen LogP contribution in [0.2, 0.25) is 0 Å². The number of methoxy groups -OCH3 is 1. The lowest BCUT2D eigenvalue weighted by molar-refractivity contribution is 0.0597. The van der Waals surface area contributed by atoms with E-state index >= 15 is 0 Å². The summed E-state index contributed by atoms with van der Waals surface area (Å²) >= 11 is 3.23. The molecule has 1 aliphatic heterocycles. The highest BCUT2D eigenvalue weighted by Gasteiger charge is 2.28. The van der Waals surface area contributed by atoms with Crippen LogP contribution in [0.5, 0.6) is 5.75 Å². The maximum atomic E-state index is 11.5. The van der Waals surface area contributed by atoms with Crippen molar-refractivity contribution in [3.63, 3.8) is 0 Å². The smallest absolute Gasteiger partial charge is 0.338 e. The summed E-state index contributed by atoms with van der Waals surface area (Å²) < 4.78 is 10.4. The summed E-state index contributed by atoms with van der Waals surface area (Å²) in [4.78, 5) is 22.9. The highest BCUT2D eigenvalue weighted by molar-refractivity contribution is 9.10. The lowest BCUT2D eigenvalue weighted by Crippen LogP contribution is -2.08. The van der Waals surface area contributed by atoms with E-state index in [1.165, 1.54) is 7.11 Å². The number of ketones is 1. The Hall–Kier alpha value is -1.36. The molecule has 1 aliphatic rings. The molecule has 1 aromatic carbocycles. The maximum absolute atomic E-state index is 11.5. The Kier molecular flexibility index (Phi) is 2.48. The van der Waals surface area contributed by atoms with E-state index in [1.807, 2.05) is 0 Å². The second-order valence-corrected chi connectivity index (χ2v) is 3.95. The minimum absolute atomic E-state index is 0.0181. The van der Waals surface area contributed by atoms with E-state index in [1.54, 1.807) is 12.1 Å². The summed E-state index contributed by atoms with van der Waals surface area (Å²) in [5.74, 6) is -0.306. The fourth-order valence-corrected chi connectivity index (χ4v) is 1.91. The molecule has 0 unspecified atom stereocenters. The molecule has 5 heteroatoms. The molecule has 15 heavy (non-hydrogen) atoms. The molecular formula is C10H7BrO4. The number of benzene rings is 1. The molecule has 0 spiro atoms. The van der Waals surface area contributed by atoms with Crippen molar-refractivity contribution in [3.05, 3.63) is 27.7 Å². The van der Waals surface area contributed by atoms with Gasteiger partial charge in [-0.1, -0.05) is 15.9 Å². The maximum Gasteiger partial charge on any atom is 0.338 e. The molecule has 78 valence electrons. The first-order valence-corrected chi connectivity index (χ1v) is 5.00. The zero-order chi connectivity index (χ0) is 11.0. The van der Waals surface area contributed by atoms with E-state index in [4.69, 9.17) is 4.74 Å². The molecule has 0 saturated heterocycles. The summed E-state index contributed by atoms with van der Waals surface area (Å²) in [6.45, 7) is -0.0181. The number of carbonyl (C=O) groups is 2. The van der Waals surface area contributed by atoms with Gasteiger partial charge in [-0.2, -0.15) is 0 Å². The molecule has 1 aromatic rings. The molecule has 0 bridgehead atoms. The number of esters is 1. The first-order chi connectivity index (χ1) is 7.13. The second kappa shape index (κ2) is 3.66. The van der Waals surface area contributed by atoms with E-state index in [9.17, 15) is 9.59 Å². The number of Topliss-reactive ketones (excluding diaryl/α,β-unsaturated/α-hetero) is 1. The third kappa shape index (κ3) is 1.63. The van der Waals surface area contributed by atoms with Crippen LogP contribution >= 0.6 is 15.9 Å². The van der Waals surface area contributed by atoms with E-state index in [2.05, 4.69) is 20.7 Å². The Morgan fingerprint density at radius 1 is 1.53 bits per heavy atom. The van der Waals surface area contributed by atoms with Crippen molar-refractivity contribution in [2.24, 2.45) is 0 Å². The van der Waals surface area contributed by atoms with Gasteiger partial charge < -0.3 is 9.47 Å². The van der Waals surface area contributed by atoms with Gasteiger partial charge in [0.1, 0.15) is 5.75 Å². The van der Waals surface area contributed by atoms with Gasteiger partial charge in [0, 0.05) is 4.47 Å². The molecule has 2 rings (SSSR count). The number of fused-ring (bicyclic) bond motifs is 1. The van der Waals surface area contributed by atoms with Gasteiger partial charge in [0.15, 0.2) is 6.61 Å². The molecule has 0 saturated carbocycles. The normalized spacial score (nSPS) is 13.3. The Bertz CT molecular complexity index is 453. The average molecular weight is 271 g/mol. The zero-order valence-electron chi connectivity index (χ0n) is 7.87. The van der Waals surface area contributed by atoms with E-state index < -0.39 is 5.97 Å². The predicted molar refractivity (Wildman–Crippen MR) is 55.3 cm³/mol. The minimum Gasteiger partial charge on any atom is -0.485 e. The van der Waals surface area contributed by atoms with Crippen molar-refractivity contribution in [3.8, 4) is 5.75 Å². The highest BCUT2D eigenvalue weighted by atomic mass is 79.9. The first-order valence-electron chi connectivity index (χ1n) is 4.21. The summed E-state index contributed by atoms with van der Waals surface area (Å²) in [6, 6.07) is 3.21. The van der Waals surface area contributed by atoms with Crippen LogP contribution in [0, 0.1) is 0 Å². The lowest BCUT2D eigenvalue weighted by atomic mass is 10.0. The molecule has 0 fully saturated rings. The Morgan fingerprint density at radius 3 is 2.93 bits per heavy atom. The zero-order valence-corrected chi connectivity index (χ0v) is 9.46. The number of halogens is 1. The summed E-state index contributed by atoms with van der Waals surface area (Å²) in [5.41, 5.74) is 0.550. The van der Waals surface area contributed by atoms with Gasteiger partial charge in [-0.05, 0) is 12.1 Å².